The molecule has 1 atom stereocenters. The highest BCUT2D eigenvalue weighted by molar-refractivity contribution is 5.80. The number of carbonyl (C=O) groups excluding carboxylic acids is 2. The van der Waals surface area contributed by atoms with E-state index < -0.39 is 28.1 Å². The van der Waals surface area contributed by atoms with E-state index in [1.807, 2.05) is 6.92 Å². The Balaban J connectivity index is 2.96. The van der Waals surface area contributed by atoms with E-state index in [4.69, 9.17) is 10.5 Å². The standard InChI is InChI=1S/C20H30N4O5/c1-7-11-20(21,15-9-8-10-16(12-15)24(27)28)13-17(25)23(6)14(2)22-18(26)29-19(3,4)5/h8-10,12H,2,7,11,13,21H2,1,3-6H3,(H,22,26)/t20-/m0/s1. The lowest BCUT2D eigenvalue weighted by atomic mass is 9.83. The SMILES string of the molecule is C=C(NC(=O)OC(C)(C)C)N(C)C(=O)C[C@@](N)(CCC)c1cccc([N+](=O)[O-])c1. The molecule has 0 aliphatic heterocycles. The Hall–Kier alpha value is -2.94. The van der Waals surface area contributed by atoms with Crippen LogP contribution < -0.4 is 11.1 Å². The van der Waals surface area contributed by atoms with Crippen molar-refractivity contribution >= 4 is 17.7 Å². The van der Waals surface area contributed by atoms with E-state index in [2.05, 4.69) is 11.9 Å². The van der Waals surface area contributed by atoms with E-state index in [0.29, 0.717) is 18.4 Å². The van der Waals surface area contributed by atoms with Gasteiger partial charge in [-0.25, -0.2) is 4.79 Å². The topological polar surface area (TPSA) is 128 Å². The molecule has 0 spiro atoms. The number of benzene rings is 1. The molecule has 9 heteroatoms. The fraction of sp³-hybridized carbons (Fsp3) is 0.500. The number of rotatable bonds is 8. The maximum atomic E-state index is 12.8. The molecule has 3 N–H and O–H groups in total. The van der Waals surface area contributed by atoms with Crippen molar-refractivity contribution in [3.05, 3.63) is 52.3 Å². The number of carbonyl (C=O) groups is 2. The molecule has 0 bridgehead atoms. The minimum Gasteiger partial charge on any atom is -0.444 e. The summed E-state index contributed by atoms with van der Waals surface area (Å²) >= 11 is 0. The summed E-state index contributed by atoms with van der Waals surface area (Å²) in [4.78, 5) is 36.4. The van der Waals surface area contributed by atoms with Crippen LogP contribution in [0.5, 0.6) is 0 Å². The molecule has 9 nitrogen and oxygen atoms in total. The lowest BCUT2D eigenvalue weighted by Crippen LogP contribution is -2.44. The Morgan fingerprint density at radius 1 is 1.34 bits per heavy atom. The second-order valence-corrected chi connectivity index (χ2v) is 7.92. The Bertz CT molecular complexity index is 787. The van der Waals surface area contributed by atoms with Crippen LogP contribution in [0.3, 0.4) is 0 Å². The molecule has 0 saturated carbocycles. The zero-order chi connectivity index (χ0) is 22.4. The van der Waals surface area contributed by atoms with Crippen molar-refractivity contribution < 1.29 is 19.2 Å². The van der Waals surface area contributed by atoms with Crippen molar-refractivity contribution in [2.45, 2.75) is 58.1 Å². The Morgan fingerprint density at radius 3 is 2.48 bits per heavy atom. The van der Waals surface area contributed by atoms with Gasteiger partial charge in [0.05, 0.1) is 10.5 Å². The van der Waals surface area contributed by atoms with Crippen molar-refractivity contribution in [2.24, 2.45) is 5.73 Å². The zero-order valence-corrected chi connectivity index (χ0v) is 17.7. The number of nitrogens with two attached hydrogens (primary N) is 1. The minimum atomic E-state index is -1.10. The van der Waals surface area contributed by atoms with E-state index in [-0.39, 0.29) is 17.9 Å². The highest BCUT2D eigenvalue weighted by Gasteiger charge is 2.32. The van der Waals surface area contributed by atoms with Gasteiger partial charge in [0.15, 0.2) is 0 Å². The fourth-order valence-electron chi connectivity index (χ4n) is 2.75. The summed E-state index contributed by atoms with van der Waals surface area (Å²) in [6.07, 6.45) is 0.272. The van der Waals surface area contributed by atoms with Gasteiger partial charge < -0.3 is 15.4 Å². The third kappa shape index (κ3) is 7.19. The van der Waals surface area contributed by atoms with Gasteiger partial charge in [0, 0.05) is 25.6 Å². The molecule has 0 fully saturated rings. The number of nitrogens with zero attached hydrogens (tertiary/aromatic N) is 2. The van der Waals surface area contributed by atoms with E-state index >= 15 is 0 Å². The molecular weight excluding hydrogens is 376 g/mol. The number of nitrogens with one attached hydrogen (secondary N) is 1. The summed E-state index contributed by atoms with van der Waals surface area (Å²) in [6.45, 7) is 10.8. The largest absolute Gasteiger partial charge is 0.444 e. The van der Waals surface area contributed by atoms with Gasteiger partial charge in [-0.1, -0.05) is 32.1 Å². The lowest BCUT2D eigenvalue weighted by Gasteiger charge is -2.31. The van der Waals surface area contributed by atoms with Gasteiger partial charge in [0.25, 0.3) is 5.69 Å². The molecule has 0 unspecified atom stereocenters. The zero-order valence-electron chi connectivity index (χ0n) is 17.7. The molecule has 1 aromatic carbocycles. The molecule has 0 radical (unpaired) electrons. The van der Waals surface area contributed by atoms with Gasteiger partial charge in [-0.2, -0.15) is 0 Å². The van der Waals surface area contributed by atoms with Gasteiger partial charge in [-0.05, 0) is 32.8 Å². The quantitative estimate of drug-likeness (QED) is 0.503. The lowest BCUT2D eigenvalue weighted by molar-refractivity contribution is -0.385. The first kappa shape index (κ1) is 24.1. The summed E-state index contributed by atoms with van der Waals surface area (Å²) in [7, 11) is 1.46. The Kier molecular flexibility index (Phi) is 7.90. The first-order chi connectivity index (χ1) is 13.3. The molecular formula is C20H30N4O5. The van der Waals surface area contributed by atoms with Gasteiger partial charge in [-0.15, -0.1) is 0 Å². The molecule has 2 amide bonds. The Labute approximate surface area is 171 Å². The van der Waals surface area contributed by atoms with E-state index in [9.17, 15) is 19.7 Å². The summed E-state index contributed by atoms with van der Waals surface area (Å²) < 4.78 is 5.15. The van der Waals surface area contributed by atoms with Gasteiger partial charge >= 0.3 is 6.09 Å². The molecule has 0 saturated heterocycles. The average molecular weight is 406 g/mol. The van der Waals surface area contributed by atoms with Crippen LogP contribution in [0.25, 0.3) is 0 Å². The normalized spacial score (nSPS) is 13.2. The molecule has 0 heterocycles. The molecule has 1 aromatic rings. The van der Waals surface area contributed by atoms with Gasteiger partial charge in [0.1, 0.15) is 11.4 Å². The van der Waals surface area contributed by atoms with Crippen molar-refractivity contribution in [1.82, 2.24) is 10.2 Å². The van der Waals surface area contributed by atoms with Gasteiger partial charge in [-0.3, -0.25) is 20.2 Å². The molecule has 0 aliphatic rings. The van der Waals surface area contributed by atoms with E-state index in [1.54, 1.807) is 32.9 Å². The van der Waals surface area contributed by atoms with Crippen molar-refractivity contribution in [2.75, 3.05) is 7.05 Å². The van der Waals surface area contributed by atoms with Crippen LogP contribution in [0, 0.1) is 10.1 Å². The van der Waals surface area contributed by atoms with E-state index in [1.165, 1.54) is 24.1 Å². The molecule has 29 heavy (non-hydrogen) atoms. The molecule has 0 aromatic heterocycles. The number of nitro groups is 1. The van der Waals surface area contributed by atoms with Crippen molar-refractivity contribution in [3.8, 4) is 0 Å². The van der Waals surface area contributed by atoms with Crippen LogP contribution in [0.2, 0.25) is 0 Å². The highest BCUT2D eigenvalue weighted by Crippen LogP contribution is 2.30. The summed E-state index contributed by atoms with van der Waals surface area (Å²) in [5, 5.41) is 13.5. The average Bonchev–Trinajstić information content (AvgIpc) is 2.59. The summed E-state index contributed by atoms with van der Waals surface area (Å²) in [6, 6.07) is 5.97. The smallest absolute Gasteiger partial charge is 0.413 e. The maximum Gasteiger partial charge on any atom is 0.413 e. The number of amides is 2. The maximum absolute atomic E-state index is 12.8. The predicted octanol–water partition coefficient (Wildman–Crippen LogP) is 3.39. The highest BCUT2D eigenvalue weighted by atomic mass is 16.6. The van der Waals surface area contributed by atoms with E-state index in [0.717, 1.165) is 0 Å². The molecule has 160 valence electrons. The number of hydrogen-bond acceptors (Lipinski definition) is 6. The third-order valence-corrected chi connectivity index (χ3v) is 4.22. The monoisotopic (exact) mass is 406 g/mol. The van der Waals surface area contributed by atoms with Crippen LogP contribution in [0.1, 0.15) is 52.5 Å². The molecule has 0 aliphatic carbocycles. The fourth-order valence-corrected chi connectivity index (χ4v) is 2.75. The summed E-state index contributed by atoms with van der Waals surface area (Å²) in [5.41, 5.74) is 5.13. The first-order valence-corrected chi connectivity index (χ1v) is 9.28. The minimum absolute atomic E-state index is 0.0436. The number of non-ortho nitro benzene ring substituents is 1. The number of nitro benzene ring substituents is 1. The predicted molar refractivity (Wildman–Crippen MR) is 110 cm³/mol. The van der Waals surface area contributed by atoms with Crippen molar-refractivity contribution in [3.63, 3.8) is 0 Å². The van der Waals surface area contributed by atoms with Gasteiger partial charge in [0.2, 0.25) is 5.91 Å². The second-order valence-electron chi connectivity index (χ2n) is 7.92. The number of hydrogen-bond donors (Lipinski definition) is 2. The van der Waals surface area contributed by atoms with Crippen LogP contribution in [0.15, 0.2) is 36.7 Å². The Morgan fingerprint density at radius 2 is 1.97 bits per heavy atom. The second kappa shape index (κ2) is 9.51. The third-order valence-electron chi connectivity index (χ3n) is 4.22. The van der Waals surface area contributed by atoms with Crippen LogP contribution in [-0.2, 0) is 15.1 Å². The summed E-state index contributed by atoms with van der Waals surface area (Å²) in [5.74, 6) is -0.351. The first-order valence-electron chi connectivity index (χ1n) is 9.28. The number of alkyl carbamates (subject to hydrolysis) is 1. The van der Waals surface area contributed by atoms with Crippen molar-refractivity contribution in [1.29, 1.82) is 0 Å². The van der Waals surface area contributed by atoms with Crippen LogP contribution in [-0.4, -0.2) is 34.5 Å². The van der Waals surface area contributed by atoms with Crippen LogP contribution in [0.4, 0.5) is 10.5 Å². The van der Waals surface area contributed by atoms with Crippen LogP contribution >= 0.6 is 0 Å². The number of ether oxygens (including phenoxy) is 1. The molecule has 1 rings (SSSR count).